The fourth-order valence-electron chi connectivity index (χ4n) is 4.81. The molecule has 204 valence electrons. The summed E-state index contributed by atoms with van der Waals surface area (Å²) in [6.45, 7) is 3.60. The average molecular weight is 534 g/mol. The minimum absolute atomic E-state index is 0.0328. The number of nitrogens with one attached hydrogen (secondary N) is 1. The Morgan fingerprint density at radius 3 is 2.43 bits per heavy atom. The van der Waals surface area contributed by atoms with Gasteiger partial charge >= 0.3 is 0 Å². The quantitative estimate of drug-likeness (QED) is 0.216. The Kier molecular flexibility index (Phi) is 9.61. The Bertz CT molecular complexity index is 1230. The summed E-state index contributed by atoms with van der Waals surface area (Å²) in [5.74, 6) is 0.840. The van der Waals surface area contributed by atoms with Crippen LogP contribution < -0.4 is 25.7 Å². The van der Waals surface area contributed by atoms with Crippen LogP contribution in [0, 0.1) is 0 Å². The number of hydrogen-bond donors (Lipinski definition) is 3. The first kappa shape index (κ1) is 28.5. The van der Waals surface area contributed by atoms with Gasteiger partial charge in [0.25, 0.3) is 0 Å². The standard InChI is InChI=1S/C26H39N5O5S/c1-4-5-14-31-15-7-6-11-26(24(31)32,12-8-13-29-25(27)28)30-37(33,34)21-10-9-19-17-22(35-2)23(36-3)18-20(19)16-21/h9-10,16-18,30H,4-8,11-15H2,1-3H3,(H4,27,28,29). The highest BCUT2D eigenvalue weighted by atomic mass is 32.2. The first-order valence-corrected chi connectivity index (χ1v) is 14.2. The summed E-state index contributed by atoms with van der Waals surface area (Å²) in [4.78, 5) is 19.8. The summed E-state index contributed by atoms with van der Waals surface area (Å²) in [5.41, 5.74) is 9.65. The summed E-state index contributed by atoms with van der Waals surface area (Å²) < 4.78 is 41.1. The number of carbonyl (C=O) groups excluding carboxylic acids is 1. The molecule has 2 aromatic carbocycles. The molecule has 1 atom stereocenters. The number of unbranched alkanes of at least 4 members (excludes halogenated alkanes) is 1. The zero-order valence-corrected chi connectivity index (χ0v) is 22.8. The highest BCUT2D eigenvalue weighted by Crippen LogP contribution is 2.34. The third kappa shape index (κ3) is 6.84. The van der Waals surface area contributed by atoms with Crippen molar-refractivity contribution in [1.82, 2.24) is 9.62 Å². The van der Waals surface area contributed by atoms with Crippen LogP contribution in [0.3, 0.4) is 0 Å². The zero-order chi connectivity index (χ0) is 27.1. The molecule has 0 aromatic heterocycles. The Hall–Kier alpha value is -3.05. The van der Waals surface area contributed by atoms with Gasteiger partial charge in [-0.3, -0.25) is 9.79 Å². The van der Waals surface area contributed by atoms with Crippen molar-refractivity contribution < 1.29 is 22.7 Å². The SMILES string of the molecule is CCCCN1CCCCC(CCCN=C(N)N)(NS(=O)(=O)c2ccc3cc(OC)c(OC)cc3c2)C1=O. The molecule has 1 unspecified atom stereocenters. The van der Waals surface area contributed by atoms with E-state index in [0.717, 1.165) is 31.1 Å². The maximum absolute atomic E-state index is 13.9. The first-order chi connectivity index (χ1) is 17.7. The molecule has 5 N–H and O–H groups in total. The molecule has 0 saturated carbocycles. The molecular weight excluding hydrogens is 494 g/mol. The number of rotatable bonds is 12. The number of amides is 1. The summed E-state index contributed by atoms with van der Waals surface area (Å²) in [7, 11) is -0.970. The molecule has 1 aliphatic rings. The van der Waals surface area contributed by atoms with Crippen LogP contribution in [0.4, 0.5) is 0 Å². The molecule has 0 radical (unpaired) electrons. The predicted octanol–water partition coefficient (Wildman–Crippen LogP) is 2.74. The van der Waals surface area contributed by atoms with Gasteiger partial charge in [0.2, 0.25) is 15.9 Å². The lowest BCUT2D eigenvalue weighted by molar-refractivity contribution is -0.137. The molecule has 0 aliphatic carbocycles. The lowest BCUT2D eigenvalue weighted by Crippen LogP contribution is -2.59. The number of carbonyl (C=O) groups is 1. The van der Waals surface area contributed by atoms with Gasteiger partial charge in [-0.05, 0) is 73.6 Å². The van der Waals surface area contributed by atoms with Gasteiger partial charge in [-0.25, -0.2) is 8.42 Å². The molecule has 0 spiro atoms. The maximum Gasteiger partial charge on any atom is 0.243 e. The van der Waals surface area contributed by atoms with Gasteiger partial charge < -0.3 is 25.8 Å². The Morgan fingerprint density at radius 1 is 1.08 bits per heavy atom. The monoisotopic (exact) mass is 533 g/mol. The van der Waals surface area contributed by atoms with E-state index in [1.165, 1.54) is 7.11 Å². The van der Waals surface area contributed by atoms with E-state index in [1.54, 1.807) is 42.3 Å². The van der Waals surface area contributed by atoms with E-state index in [-0.39, 0.29) is 16.8 Å². The number of guanidine groups is 1. The second-order valence-electron chi connectivity index (χ2n) is 9.42. The van der Waals surface area contributed by atoms with Crippen molar-refractivity contribution in [1.29, 1.82) is 0 Å². The lowest BCUT2D eigenvalue weighted by Gasteiger charge is -2.35. The summed E-state index contributed by atoms with van der Waals surface area (Å²) in [5, 5.41) is 1.49. The van der Waals surface area contributed by atoms with Gasteiger partial charge in [0.05, 0.1) is 19.1 Å². The molecule has 11 heteroatoms. The third-order valence-corrected chi connectivity index (χ3v) is 8.30. The molecule has 1 fully saturated rings. The summed E-state index contributed by atoms with van der Waals surface area (Å²) in [6.07, 6.45) is 4.52. The first-order valence-electron chi connectivity index (χ1n) is 12.7. The smallest absolute Gasteiger partial charge is 0.243 e. The number of nitrogens with two attached hydrogens (primary N) is 2. The molecule has 3 rings (SSSR count). The lowest BCUT2D eigenvalue weighted by atomic mass is 9.88. The van der Waals surface area contributed by atoms with Crippen molar-refractivity contribution in [2.24, 2.45) is 16.5 Å². The number of sulfonamides is 1. The average Bonchev–Trinajstić information content (AvgIpc) is 3.02. The van der Waals surface area contributed by atoms with Crippen LogP contribution in [0.25, 0.3) is 10.8 Å². The van der Waals surface area contributed by atoms with Crippen LogP contribution in [0.5, 0.6) is 11.5 Å². The van der Waals surface area contributed by atoms with Gasteiger partial charge in [-0.1, -0.05) is 19.4 Å². The van der Waals surface area contributed by atoms with E-state index >= 15 is 0 Å². The van der Waals surface area contributed by atoms with E-state index in [1.807, 2.05) is 0 Å². The Labute approximate surface area is 219 Å². The van der Waals surface area contributed by atoms with Gasteiger partial charge in [0.15, 0.2) is 17.5 Å². The van der Waals surface area contributed by atoms with E-state index in [9.17, 15) is 13.2 Å². The molecule has 10 nitrogen and oxygen atoms in total. The molecule has 2 aromatic rings. The number of likely N-dealkylation sites (tertiary alicyclic amines) is 1. The number of ether oxygens (including phenoxy) is 2. The Balaban J connectivity index is 1.99. The van der Waals surface area contributed by atoms with Crippen LogP contribution in [-0.2, 0) is 14.8 Å². The maximum atomic E-state index is 13.9. The van der Waals surface area contributed by atoms with Gasteiger partial charge in [0, 0.05) is 19.6 Å². The van der Waals surface area contributed by atoms with Crippen LogP contribution in [0.1, 0.15) is 51.9 Å². The molecule has 1 amide bonds. The highest BCUT2D eigenvalue weighted by Gasteiger charge is 2.45. The molecular formula is C26H39N5O5S. The van der Waals surface area contributed by atoms with Crippen LogP contribution in [0.15, 0.2) is 40.2 Å². The normalized spacial score (nSPS) is 18.5. The second kappa shape index (κ2) is 12.5. The number of fused-ring (bicyclic) bond motifs is 1. The summed E-state index contributed by atoms with van der Waals surface area (Å²) >= 11 is 0. The molecule has 1 aliphatic heterocycles. The van der Waals surface area contributed by atoms with Crippen molar-refractivity contribution in [3.8, 4) is 11.5 Å². The number of benzene rings is 2. The van der Waals surface area contributed by atoms with Gasteiger partial charge in [-0.2, -0.15) is 4.72 Å². The fraction of sp³-hybridized carbons (Fsp3) is 0.538. The fourth-order valence-corrected chi connectivity index (χ4v) is 6.26. The van der Waals surface area contributed by atoms with Gasteiger partial charge in [0.1, 0.15) is 5.54 Å². The number of methoxy groups -OCH3 is 2. The zero-order valence-electron chi connectivity index (χ0n) is 22.0. The highest BCUT2D eigenvalue weighted by molar-refractivity contribution is 7.89. The van der Waals surface area contributed by atoms with Crippen molar-refractivity contribution >= 4 is 32.7 Å². The largest absolute Gasteiger partial charge is 0.493 e. The van der Waals surface area contributed by atoms with Crippen LogP contribution >= 0.6 is 0 Å². The molecule has 0 bridgehead atoms. The van der Waals surface area contributed by atoms with Crippen LogP contribution in [-0.4, -0.2) is 64.6 Å². The third-order valence-electron chi connectivity index (χ3n) is 6.77. The Morgan fingerprint density at radius 2 is 1.78 bits per heavy atom. The number of nitrogens with zero attached hydrogens (tertiary/aromatic N) is 2. The molecule has 37 heavy (non-hydrogen) atoms. The minimum Gasteiger partial charge on any atom is -0.493 e. The van der Waals surface area contributed by atoms with E-state index in [2.05, 4.69) is 16.6 Å². The van der Waals surface area contributed by atoms with E-state index in [0.29, 0.717) is 55.8 Å². The molecule has 1 saturated heterocycles. The van der Waals surface area contributed by atoms with Crippen LogP contribution in [0.2, 0.25) is 0 Å². The number of hydrogen-bond acceptors (Lipinski definition) is 6. The van der Waals surface area contributed by atoms with E-state index < -0.39 is 15.6 Å². The van der Waals surface area contributed by atoms with E-state index in [4.69, 9.17) is 20.9 Å². The van der Waals surface area contributed by atoms with Crippen molar-refractivity contribution in [3.63, 3.8) is 0 Å². The van der Waals surface area contributed by atoms with Crippen molar-refractivity contribution in [3.05, 3.63) is 30.3 Å². The van der Waals surface area contributed by atoms with Crippen molar-refractivity contribution in [2.45, 2.75) is 62.3 Å². The minimum atomic E-state index is -4.05. The second-order valence-corrected chi connectivity index (χ2v) is 11.1. The summed E-state index contributed by atoms with van der Waals surface area (Å²) in [6, 6.07) is 8.38. The van der Waals surface area contributed by atoms with Crippen molar-refractivity contribution in [2.75, 3.05) is 33.9 Å². The predicted molar refractivity (Wildman–Crippen MR) is 145 cm³/mol. The molecule has 1 heterocycles. The van der Waals surface area contributed by atoms with Gasteiger partial charge in [-0.15, -0.1) is 0 Å². The number of aliphatic imine (C=N–C) groups is 1. The topological polar surface area (TPSA) is 149 Å².